The minimum atomic E-state index is -0.958. The summed E-state index contributed by atoms with van der Waals surface area (Å²) in [5.74, 6) is -0.382. The Morgan fingerprint density at radius 3 is 2.27 bits per heavy atom. The molecule has 0 radical (unpaired) electrons. The molecular formula is C31H31N3O3. The molecule has 6 heteroatoms. The Labute approximate surface area is 217 Å². The number of benzene rings is 4. The number of nitrogens with one attached hydrogen (secondary N) is 2. The predicted octanol–water partition coefficient (Wildman–Crippen LogP) is 5.98. The molecule has 0 saturated carbocycles. The van der Waals surface area contributed by atoms with Crippen molar-refractivity contribution in [1.29, 1.82) is 0 Å². The monoisotopic (exact) mass is 493 g/mol. The van der Waals surface area contributed by atoms with Crippen molar-refractivity contribution in [3.63, 3.8) is 0 Å². The van der Waals surface area contributed by atoms with Gasteiger partial charge in [-0.2, -0.15) is 0 Å². The Kier molecular flexibility index (Phi) is 8.68. The van der Waals surface area contributed by atoms with Gasteiger partial charge in [0, 0.05) is 12.2 Å². The molecule has 0 unspecified atom stereocenters. The molecule has 0 aromatic heterocycles. The lowest BCUT2D eigenvalue weighted by molar-refractivity contribution is -0.118. The Morgan fingerprint density at radius 1 is 0.838 bits per heavy atom. The fourth-order valence-electron chi connectivity index (χ4n) is 4.14. The highest BCUT2D eigenvalue weighted by Crippen LogP contribution is 2.26. The first-order valence-electron chi connectivity index (χ1n) is 12.3. The summed E-state index contributed by atoms with van der Waals surface area (Å²) in [4.78, 5) is 26.1. The summed E-state index contributed by atoms with van der Waals surface area (Å²) >= 11 is 0. The van der Waals surface area contributed by atoms with Crippen LogP contribution in [0.4, 0.5) is 10.5 Å². The molecule has 188 valence electrons. The average Bonchev–Trinajstić information content (AvgIpc) is 2.95. The molecule has 0 fully saturated rings. The molecule has 4 aromatic carbocycles. The second-order valence-electron chi connectivity index (χ2n) is 8.67. The quantitative estimate of drug-likeness (QED) is 0.267. The molecule has 37 heavy (non-hydrogen) atoms. The van der Waals surface area contributed by atoms with Gasteiger partial charge in [0.2, 0.25) is 0 Å². The molecule has 0 spiro atoms. The third-order valence-electron chi connectivity index (χ3n) is 6.12. The predicted molar refractivity (Wildman–Crippen MR) is 147 cm³/mol. The van der Waals surface area contributed by atoms with Gasteiger partial charge >= 0.3 is 6.09 Å². The summed E-state index contributed by atoms with van der Waals surface area (Å²) in [6.07, 6.45) is 0.236. The molecule has 4 N–H and O–H groups in total. The first kappa shape index (κ1) is 25.7. The topological polar surface area (TPSA) is 93.4 Å². The van der Waals surface area contributed by atoms with Crippen molar-refractivity contribution in [3.05, 3.63) is 125 Å². The molecule has 2 amide bonds. The van der Waals surface area contributed by atoms with Crippen LogP contribution < -0.4 is 16.4 Å². The van der Waals surface area contributed by atoms with Gasteiger partial charge in [0.25, 0.3) is 5.91 Å². The summed E-state index contributed by atoms with van der Waals surface area (Å²) in [6, 6.07) is 31.6. The first-order chi connectivity index (χ1) is 18.1. The van der Waals surface area contributed by atoms with Crippen LogP contribution in [0, 0.1) is 0 Å². The van der Waals surface area contributed by atoms with Crippen LogP contribution in [-0.2, 0) is 29.1 Å². The lowest BCUT2D eigenvalue weighted by Gasteiger charge is -2.20. The van der Waals surface area contributed by atoms with Crippen LogP contribution in [0.25, 0.3) is 11.1 Å². The van der Waals surface area contributed by atoms with Gasteiger partial charge in [-0.1, -0.05) is 97.9 Å². The second kappa shape index (κ2) is 12.5. The van der Waals surface area contributed by atoms with E-state index in [9.17, 15) is 9.59 Å². The van der Waals surface area contributed by atoms with Crippen molar-refractivity contribution in [2.24, 2.45) is 5.73 Å². The van der Waals surface area contributed by atoms with Crippen LogP contribution in [-0.4, -0.2) is 12.0 Å². The zero-order chi connectivity index (χ0) is 26.0. The fraction of sp³-hybridized carbons (Fsp3) is 0.161. The van der Waals surface area contributed by atoms with Crippen LogP contribution in [0.15, 0.2) is 103 Å². The lowest BCUT2D eigenvalue weighted by atomic mass is 9.96. The first-order valence-corrected chi connectivity index (χ1v) is 12.3. The Balaban J connectivity index is 1.56. The number of amides is 2. The van der Waals surface area contributed by atoms with E-state index in [2.05, 4.69) is 29.7 Å². The van der Waals surface area contributed by atoms with Crippen LogP contribution in [0.1, 0.15) is 35.2 Å². The molecular weight excluding hydrogens is 462 g/mol. The maximum atomic E-state index is 13.4. The average molecular weight is 494 g/mol. The summed E-state index contributed by atoms with van der Waals surface area (Å²) in [6.45, 7) is 2.59. The number of aryl methyl sites for hydroxylation is 1. The fourth-order valence-corrected chi connectivity index (χ4v) is 4.14. The van der Waals surface area contributed by atoms with Crippen molar-refractivity contribution < 1.29 is 14.3 Å². The number of hydrogen-bond donors (Lipinski definition) is 3. The molecule has 0 bridgehead atoms. The number of anilines is 1. The van der Waals surface area contributed by atoms with Crippen molar-refractivity contribution in [1.82, 2.24) is 5.32 Å². The zero-order valence-corrected chi connectivity index (χ0v) is 20.8. The van der Waals surface area contributed by atoms with E-state index in [1.807, 2.05) is 84.9 Å². The van der Waals surface area contributed by atoms with Crippen LogP contribution >= 0.6 is 0 Å². The van der Waals surface area contributed by atoms with E-state index in [0.717, 1.165) is 28.7 Å². The molecule has 4 aromatic rings. The molecule has 0 aliphatic rings. The minimum Gasteiger partial charge on any atom is -0.445 e. The van der Waals surface area contributed by atoms with Gasteiger partial charge < -0.3 is 21.1 Å². The van der Waals surface area contributed by atoms with Gasteiger partial charge in [0.1, 0.15) is 12.6 Å². The molecule has 6 nitrogen and oxygen atoms in total. The number of nitrogens with two attached hydrogens (primary N) is 1. The Bertz CT molecular complexity index is 1340. The normalized spacial score (nSPS) is 11.4. The summed E-state index contributed by atoms with van der Waals surface area (Å²) in [5, 5.41) is 5.63. The molecule has 0 aliphatic heterocycles. The zero-order valence-electron chi connectivity index (χ0n) is 20.8. The third kappa shape index (κ3) is 6.84. The number of ether oxygens (including phenoxy) is 1. The Hall–Kier alpha value is -4.42. The summed E-state index contributed by atoms with van der Waals surface area (Å²) in [5.41, 5.74) is 12.2. The SMILES string of the molecule is CCc1ccccc1-c1ccc([C@@H](NC(=O)OCc2ccccc2)C(=O)Nc2cccc(CN)c2)cc1. The lowest BCUT2D eigenvalue weighted by Crippen LogP contribution is -2.37. The van der Waals surface area contributed by atoms with E-state index in [4.69, 9.17) is 10.5 Å². The van der Waals surface area contributed by atoms with Crippen molar-refractivity contribution >= 4 is 17.7 Å². The Morgan fingerprint density at radius 2 is 1.54 bits per heavy atom. The highest BCUT2D eigenvalue weighted by atomic mass is 16.5. The van der Waals surface area contributed by atoms with E-state index in [1.54, 1.807) is 6.07 Å². The number of rotatable bonds is 9. The van der Waals surface area contributed by atoms with Crippen LogP contribution in [0.5, 0.6) is 0 Å². The summed E-state index contributed by atoms with van der Waals surface area (Å²) < 4.78 is 5.39. The van der Waals surface area contributed by atoms with Gasteiger partial charge in [-0.05, 0) is 51.9 Å². The minimum absolute atomic E-state index is 0.103. The van der Waals surface area contributed by atoms with E-state index in [0.29, 0.717) is 17.8 Å². The highest BCUT2D eigenvalue weighted by molar-refractivity contribution is 5.97. The van der Waals surface area contributed by atoms with Crippen molar-refractivity contribution in [2.75, 3.05) is 5.32 Å². The largest absolute Gasteiger partial charge is 0.445 e. The maximum Gasteiger partial charge on any atom is 0.408 e. The van der Waals surface area contributed by atoms with Gasteiger partial charge in [0.05, 0.1) is 0 Å². The van der Waals surface area contributed by atoms with Gasteiger partial charge in [-0.15, -0.1) is 0 Å². The number of hydrogen-bond acceptors (Lipinski definition) is 4. The number of carbonyl (C=O) groups is 2. The number of carbonyl (C=O) groups excluding carboxylic acids is 2. The van der Waals surface area contributed by atoms with Crippen molar-refractivity contribution in [3.8, 4) is 11.1 Å². The highest BCUT2D eigenvalue weighted by Gasteiger charge is 2.24. The molecule has 0 aliphatic carbocycles. The molecule has 0 heterocycles. The van der Waals surface area contributed by atoms with Gasteiger partial charge in [-0.25, -0.2) is 4.79 Å². The van der Waals surface area contributed by atoms with Crippen LogP contribution in [0.3, 0.4) is 0 Å². The van der Waals surface area contributed by atoms with E-state index in [-0.39, 0.29) is 12.5 Å². The number of alkyl carbamates (subject to hydrolysis) is 1. The second-order valence-corrected chi connectivity index (χ2v) is 8.67. The van der Waals surface area contributed by atoms with Gasteiger partial charge in [0.15, 0.2) is 0 Å². The van der Waals surface area contributed by atoms with Crippen LogP contribution in [0.2, 0.25) is 0 Å². The van der Waals surface area contributed by atoms with Crippen molar-refractivity contribution in [2.45, 2.75) is 32.5 Å². The molecule has 4 rings (SSSR count). The molecule has 1 atom stereocenters. The molecule has 0 saturated heterocycles. The van der Waals surface area contributed by atoms with Gasteiger partial charge in [-0.3, -0.25) is 4.79 Å². The summed E-state index contributed by atoms with van der Waals surface area (Å²) in [7, 11) is 0. The van der Waals surface area contributed by atoms with E-state index in [1.165, 1.54) is 5.56 Å². The van der Waals surface area contributed by atoms with E-state index >= 15 is 0 Å². The maximum absolute atomic E-state index is 13.4. The third-order valence-corrected chi connectivity index (χ3v) is 6.12. The smallest absolute Gasteiger partial charge is 0.408 e. The standard InChI is InChI=1S/C31H31N3O3/c1-2-24-12-6-7-14-28(24)25-15-17-26(18-16-25)29(30(35)33-27-13-8-11-23(19-27)20-32)34-31(36)37-21-22-9-4-3-5-10-22/h3-19,29H,2,20-21,32H2,1H3,(H,33,35)(H,34,36)/t29-/m1/s1. The van der Waals surface area contributed by atoms with E-state index < -0.39 is 12.1 Å².